The minimum atomic E-state index is -0.636. The van der Waals surface area contributed by atoms with Crippen LogP contribution < -0.4 is 0 Å². The summed E-state index contributed by atoms with van der Waals surface area (Å²) >= 11 is 0. The Labute approximate surface area is 82.7 Å². The van der Waals surface area contributed by atoms with E-state index in [4.69, 9.17) is 4.74 Å². The Morgan fingerprint density at radius 2 is 2.07 bits per heavy atom. The highest BCUT2D eigenvalue weighted by Gasteiger charge is 2.12. The lowest BCUT2D eigenvalue weighted by molar-refractivity contribution is -0.115. The predicted octanol–water partition coefficient (Wildman–Crippen LogP) is 1.82. The number of hydrogen-bond donors (Lipinski definition) is 0. The first kappa shape index (κ1) is 10.4. The smallest absolute Gasteiger partial charge is 0.338 e. The summed E-state index contributed by atoms with van der Waals surface area (Å²) in [6.07, 6.45) is 0.505. The molecule has 74 valence electrons. The van der Waals surface area contributed by atoms with Gasteiger partial charge in [-0.15, -0.1) is 0 Å². The summed E-state index contributed by atoms with van der Waals surface area (Å²) in [6.45, 7) is 1.79. The van der Waals surface area contributed by atoms with Gasteiger partial charge in [-0.05, 0) is 18.6 Å². The Kier molecular flexibility index (Phi) is 3.85. The normalized spacial score (nSPS) is 11.8. The fourth-order valence-corrected chi connectivity index (χ4v) is 0.987. The quantitative estimate of drug-likeness (QED) is 0.540. The molecule has 0 N–H and O–H groups in total. The van der Waals surface area contributed by atoms with Gasteiger partial charge in [0.1, 0.15) is 0 Å². The zero-order valence-corrected chi connectivity index (χ0v) is 7.97. The van der Waals surface area contributed by atoms with Crippen LogP contribution in [0.4, 0.5) is 0 Å². The van der Waals surface area contributed by atoms with Gasteiger partial charge >= 0.3 is 5.97 Å². The number of hydrogen-bond acceptors (Lipinski definition) is 3. The highest BCUT2D eigenvalue weighted by molar-refractivity contribution is 5.90. The Bertz CT molecular complexity index is 306. The molecule has 3 heteroatoms. The Morgan fingerprint density at radius 3 is 2.57 bits per heavy atom. The third-order valence-corrected chi connectivity index (χ3v) is 1.82. The van der Waals surface area contributed by atoms with Crippen molar-refractivity contribution in [1.29, 1.82) is 0 Å². The molecule has 1 aromatic carbocycles. The summed E-state index contributed by atoms with van der Waals surface area (Å²) in [6, 6.07) is 8.62. The molecule has 1 atom stereocenters. The van der Waals surface area contributed by atoms with Gasteiger partial charge in [0.25, 0.3) is 0 Å². The van der Waals surface area contributed by atoms with Gasteiger partial charge in [0, 0.05) is 0 Å². The van der Waals surface area contributed by atoms with E-state index in [0.717, 1.165) is 0 Å². The van der Waals surface area contributed by atoms with Gasteiger partial charge in [-0.25, -0.2) is 4.79 Å². The highest BCUT2D eigenvalue weighted by atomic mass is 16.5. The minimum Gasteiger partial charge on any atom is -0.451 e. The fourth-order valence-electron chi connectivity index (χ4n) is 0.987. The Morgan fingerprint density at radius 1 is 1.43 bits per heavy atom. The lowest BCUT2D eigenvalue weighted by atomic mass is 10.2. The summed E-state index contributed by atoms with van der Waals surface area (Å²) in [4.78, 5) is 21.8. The predicted molar refractivity (Wildman–Crippen MR) is 52.0 cm³/mol. The number of benzene rings is 1. The number of ether oxygens (including phenoxy) is 1. The van der Waals surface area contributed by atoms with E-state index in [2.05, 4.69) is 0 Å². The molecular weight excluding hydrogens is 180 g/mol. The molecular formula is C11H12O3. The summed E-state index contributed by atoms with van der Waals surface area (Å²) in [5, 5.41) is 0. The third kappa shape index (κ3) is 2.69. The summed E-state index contributed by atoms with van der Waals surface area (Å²) < 4.78 is 4.93. The molecule has 0 fully saturated rings. The number of aldehydes is 1. The van der Waals surface area contributed by atoms with Crippen molar-refractivity contribution in [2.75, 3.05) is 0 Å². The van der Waals surface area contributed by atoms with Crippen molar-refractivity contribution in [1.82, 2.24) is 0 Å². The zero-order valence-electron chi connectivity index (χ0n) is 7.97. The van der Waals surface area contributed by atoms with Crippen LogP contribution in [0.2, 0.25) is 0 Å². The van der Waals surface area contributed by atoms with Gasteiger partial charge in [-0.2, -0.15) is 0 Å². The second-order valence-corrected chi connectivity index (χ2v) is 2.85. The lowest BCUT2D eigenvalue weighted by Crippen LogP contribution is -2.18. The van der Waals surface area contributed by atoms with Crippen LogP contribution >= 0.6 is 0 Å². The molecule has 0 aliphatic carbocycles. The van der Waals surface area contributed by atoms with Crippen LogP contribution in [0.5, 0.6) is 0 Å². The zero-order chi connectivity index (χ0) is 10.4. The molecule has 0 aliphatic heterocycles. The average Bonchev–Trinajstić information content (AvgIpc) is 2.26. The summed E-state index contributed by atoms with van der Waals surface area (Å²) in [5.74, 6) is -0.454. The SMILES string of the molecule is CC[C@H](C=O)OC(=O)c1ccccc1. The summed E-state index contributed by atoms with van der Waals surface area (Å²) in [5.41, 5.74) is 0.466. The van der Waals surface area contributed by atoms with Gasteiger partial charge in [0.2, 0.25) is 0 Å². The van der Waals surface area contributed by atoms with E-state index in [0.29, 0.717) is 18.3 Å². The van der Waals surface area contributed by atoms with Gasteiger partial charge in [-0.3, -0.25) is 4.79 Å². The Balaban J connectivity index is 2.63. The van der Waals surface area contributed by atoms with Gasteiger partial charge < -0.3 is 4.74 Å². The van der Waals surface area contributed by atoms with E-state index in [1.807, 2.05) is 6.07 Å². The summed E-state index contributed by atoms with van der Waals surface area (Å²) in [7, 11) is 0. The first-order valence-corrected chi connectivity index (χ1v) is 4.49. The van der Waals surface area contributed by atoms with Crippen LogP contribution in [0.3, 0.4) is 0 Å². The molecule has 0 aliphatic rings. The number of carbonyl (C=O) groups excluding carboxylic acids is 2. The molecule has 3 nitrogen and oxygen atoms in total. The largest absolute Gasteiger partial charge is 0.451 e. The maximum atomic E-state index is 11.4. The topological polar surface area (TPSA) is 43.4 Å². The molecule has 0 unspecified atom stereocenters. The van der Waals surface area contributed by atoms with Gasteiger partial charge in [0.05, 0.1) is 5.56 Å². The van der Waals surface area contributed by atoms with E-state index in [1.165, 1.54) is 0 Å². The van der Waals surface area contributed by atoms with Gasteiger partial charge in [0.15, 0.2) is 12.4 Å². The van der Waals surface area contributed by atoms with Crippen LogP contribution in [0, 0.1) is 0 Å². The monoisotopic (exact) mass is 192 g/mol. The molecule has 0 heterocycles. The number of esters is 1. The average molecular weight is 192 g/mol. The molecule has 0 amide bonds. The number of carbonyl (C=O) groups is 2. The van der Waals surface area contributed by atoms with Crippen molar-refractivity contribution in [2.45, 2.75) is 19.4 Å². The number of rotatable bonds is 4. The van der Waals surface area contributed by atoms with Crippen molar-refractivity contribution < 1.29 is 14.3 Å². The van der Waals surface area contributed by atoms with E-state index < -0.39 is 12.1 Å². The van der Waals surface area contributed by atoms with Crippen LogP contribution in [0.25, 0.3) is 0 Å². The van der Waals surface area contributed by atoms with Crippen LogP contribution in [-0.2, 0) is 9.53 Å². The third-order valence-electron chi connectivity index (χ3n) is 1.82. The van der Waals surface area contributed by atoms with E-state index in [9.17, 15) is 9.59 Å². The lowest BCUT2D eigenvalue weighted by Gasteiger charge is -2.08. The van der Waals surface area contributed by atoms with Crippen LogP contribution in [0.1, 0.15) is 23.7 Å². The second-order valence-electron chi connectivity index (χ2n) is 2.85. The van der Waals surface area contributed by atoms with Crippen molar-refractivity contribution in [3.63, 3.8) is 0 Å². The van der Waals surface area contributed by atoms with Crippen LogP contribution in [-0.4, -0.2) is 18.4 Å². The van der Waals surface area contributed by atoms with E-state index >= 15 is 0 Å². The first-order valence-electron chi connectivity index (χ1n) is 4.49. The first-order chi connectivity index (χ1) is 6.77. The second kappa shape index (κ2) is 5.17. The van der Waals surface area contributed by atoms with Crippen molar-refractivity contribution in [3.8, 4) is 0 Å². The van der Waals surface area contributed by atoms with Crippen LogP contribution in [0.15, 0.2) is 30.3 Å². The minimum absolute atomic E-state index is 0.454. The molecule has 0 bridgehead atoms. The van der Waals surface area contributed by atoms with Crippen molar-refractivity contribution in [2.24, 2.45) is 0 Å². The molecule has 0 aromatic heterocycles. The van der Waals surface area contributed by atoms with E-state index in [1.54, 1.807) is 31.2 Å². The molecule has 0 saturated heterocycles. The molecule has 1 aromatic rings. The molecule has 0 spiro atoms. The van der Waals surface area contributed by atoms with Gasteiger partial charge in [-0.1, -0.05) is 25.1 Å². The fraction of sp³-hybridized carbons (Fsp3) is 0.273. The van der Waals surface area contributed by atoms with Crippen molar-refractivity contribution in [3.05, 3.63) is 35.9 Å². The molecule has 0 radical (unpaired) electrons. The maximum Gasteiger partial charge on any atom is 0.338 e. The molecule has 0 saturated carbocycles. The van der Waals surface area contributed by atoms with Crippen molar-refractivity contribution >= 4 is 12.3 Å². The standard InChI is InChI=1S/C11H12O3/c1-2-10(8-12)14-11(13)9-6-4-3-5-7-9/h3-8,10H,2H2,1H3/t10-/m1/s1. The Hall–Kier alpha value is -1.64. The molecule has 1 rings (SSSR count). The van der Waals surface area contributed by atoms with E-state index in [-0.39, 0.29) is 0 Å². The maximum absolute atomic E-state index is 11.4. The molecule has 14 heavy (non-hydrogen) atoms. The highest BCUT2D eigenvalue weighted by Crippen LogP contribution is 2.04.